The van der Waals surface area contributed by atoms with E-state index in [1.54, 1.807) is 46.0 Å². The minimum absolute atomic E-state index is 0.152. The standard InChI is InChI=1S/C22H16ClN5O/c1-2-18-20(14-4-3-5-15(23)12-14)21-25-13-17-19(28(21)26-18)8-11-27(22(17)29)16-6-9-24-10-7-16/h3-13H,2H2,1H3. The molecule has 0 bridgehead atoms. The van der Waals surface area contributed by atoms with Crippen molar-refractivity contribution < 1.29 is 0 Å². The summed E-state index contributed by atoms with van der Waals surface area (Å²) >= 11 is 6.20. The van der Waals surface area contributed by atoms with Crippen LogP contribution in [0.5, 0.6) is 0 Å². The van der Waals surface area contributed by atoms with Crippen molar-refractivity contribution in [1.29, 1.82) is 0 Å². The molecule has 0 unspecified atom stereocenters. The van der Waals surface area contributed by atoms with E-state index in [1.165, 1.54) is 0 Å². The SMILES string of the molecule is CCc1nn2c(ncc3c(=O)n(-c4ccncc4)ccc32)c1-c1cccc(Cl)c1. The summed E-state index contributed by atoms with van der Waals surface area (Å²) in [6, 6.07) is 13.1. The van der Waals surface area contributed by atoms with Gasteiger partial charge in [-0.05, 0) is 42.3 Å². The van der Waals surface area contributed by atoms with Crippen molar-refractivity contribution in [3.63, 3.8) is 0 Å². The van der Waals surface area contributed by atoms with Gasteiger partial charge in [0.1, 0.15) is 0 Å². The minimum Gasteiger partial charge on any atom is -0.284 e. The third-order valence-electron chi connectivity index (χ3n) is 4.97. The van der Waals surface area contributed by atoms with Gasteiger partial charge in [-0.3, -0.25) is 14.3 Å². The van der Waals surface area contributed by atoms with Crippen LogP contribution in [0.15, 0.2) is 72.0 Å². The van der Waals surface area contributed by atoms with Gasteiger partial charge in [0.05, 0.1) is 22.3 Å². The van der Waals surface area contributed by atoms with Crippen molar-refractivity contribution in [2.45, 2.75) is 13.3 Å². The van der Waals surface area contributed by atoms with Gasteiger partial charge in [0.2, 0.25) is 0 Å². The lowest BCUT2D eigenvalue weighted by Gasteiger charge is -2.08. The Hall–Kier alpha value is -3.51. The van der Waals surface area contributed by atoms with Crippen molar-refractivity contribution >= 4 is 28.2 Å². The van der Waals surface area contributed by atoms with Crippen LogP contribution in [-0.2, 0) is 6.42 Å². The number of aryl methyl sites for hydroxylation is 1. The molecule has 0 spiro atoms. The van der Waals surface area contributed by atoms with E-state index in [0.717, 1.165) is 28.9 Å². The van der Waals surface area contributed by atoms with Crippen LogP contribution in [-0.4, -0.2) is 24.1 Å². The van der Waals surface area contributed by atoms with E-state index in [0.29, 0.717) is 21.6 Å². The zero-order valence-electron chi connectivity index (χ0n) is 15.6. The molecule has 0 aliphatic heterocycles. The fourth-order valence-electron chi connectivity index (χ4n) is 3.61. The highest BCUT2D eigenvalue weighted by Gasteiger charge is 2.18. The van der Waals surface area contributed by atoms with E-state index in [1.807, 2.05) is 30.3 Å². The van der Waals surface area contributed by atoms with Crippen LogP contribution in [0.2, 0.25) is 5.02 Å². The largest absolute Gasteiger partial charge is 0.284 e. The third-order valence-corrected chi connectivity index (χ3v) is 5.21. The molecule has 6 nitrogen and oxygen atoms in total. The maximum atomic E-state index is 13.1. The van der Waals surface area contributed by atoms with E-state index in [4.69, 9.17) is 16.7 Å². The molecule has 0 saturated carbocycles. The van der Waals surface area contributed by atoms with Crippen molar-refractivity contribution in [3.05, 3.63) is 88.3 Å². The topological polar surface area (TPSA) is 65.1 Å². The lowest BCUT2D eigenvalue weighted by Crippen LogP contribution is -2.18. The Labute approximate surface area is 171 Å². The smallest absolute Gasteiger partial charge is 0.266 e. The first-order valence-electron chi connectivity index (χ1n) is 9.25. The molecule has 0 radical (unpaired) electrons. The summed E-state index contributed by atoms with van der Waals surface area (Å²) in [5, 5.41) is 5.92. The van der Waals surface area contributed by atoms with Gasteiger partial charge in [0, 0.05) is 35.4 Å². The Balaban J connectivity index is 1.80. The van der Waals surface area contributed by atoms with Crippen LogP contribution in [0.3, 0.4) is 0 Å². The number of benzene rings is 1. The monoisotopic (exact) mass is 401 g/mol. The molecule has 4 aromatic heterocycles. The lowest BCUT2D eigenvalue weighted by atomic mass is 10.0. The first-order valence-corrected chi connectivity index (χ1v) is 9.63. The summed E-state index contributed by atoms with van der Waals surface area (Å²) in [4.78, 5) is 21.7. The maximum Gasteiger partial charge on any atom is 0.266 e. The number of pyridine rings is 2. The van der Waals surface area contributed by atoms with Crippen LogP contribution in [0, 0.1) is 0 Å². The molecule has 142 valence electrons. The summed E-state index contributed by atoms with van der Waals surface area (Å²) in [5.74, 6) is 0. The quantitative estimate of drug-likeness (QED) is 0.452. The Morgan fingerprint density at radius 1 is 1.10 bits per heavy atom. The van der Waals surface area contributed by atoms with Crippen molar-refractivity contribution in [2.75, 3.05) is 0 Å². The zero-order valence-corrected chi connectivity index (χ0v) is 16.3. The van der Waals surface area contributed by atoms with Crippen molar-refractivity contribution in [3.8, 4) is 16.8 Å². The van der Waals surface area contributed by atoms with Crippen molar-refractivity contribution in [2.24, 2.45) is 0 Å². The molecule has 5 rings (SSSR count). The number of hydrogen-bond donors (Lipinski definition) is 0. The van der Waals surface area contributed by atoms with Crippen LogP contribution < -0.4 is 5.56 Å². The third kappa shape index (κ3) is 2.80. The fraction of sp³-hybridized carbons (Fsp3) is 0.0909. The average molecular weight is 402 g/mol. The molecule has 0 atom stereocenters. The van der Waals surface area contributed by atoms with Gasteiger partial charge in [-0.25, -0.2) is 9.50 Å². The summed E-state index contributed by atoms with van der Waals surface area (Å²) in [5.41, 5.74) is 4.83. The number of fused-ring (bicyclic) bond motifs is 3. The number of halogens is 1. The molecule has 4 heterocycles. The number of hydrogen-bond acceptors (Lipinski definition) is 4. The van der Waals surface area contributed by atoms with E-state index in [-0.39, 0.29) is 5.56 Å². The summed E-state index contributed by atoms with van der Waals surface area (Å²) in [6.07, 6.45) is 7.43. The first-order chi connectivity index (χ1) is 14.2. The highest BCUT2D eigenvalue weighted by molar-refractivity contribution is 6.30. The zero-order chi connectivity index (χ0) is 20.0. The van der Waals surface area contributed by atoms with Crippen LogP contribution in [0.4, 0.5) is 0 Å². The molecule has 7 heteroatoms. The molecule has 0 aliphatic rings. The number of aromatic nitrogens is 5. The molecule has 0 aliphatic carbocycles. The highest BCUT2D eigenvalue weighted by atomic mass is 35.5. The van der Waals surface area contributed by atoms with E-state index in [9.17, 15) is 4.79 Å². The molecule has 0 saturated heterocycles. The Kier molecular flexibility index (Phi) is 4.14. The summed E-state index contributed by atoms with van der Waals surface area (Å²) in [7, 11) is 0. The normalized spacial score (nSPS) is 11.4. The number of rotatable bonds is 3. The predicted octanol–water partition coefficient (Wildman–Crippen LogP) is 4.31. The van der Waals surface area contributed by atoms with E-state index >= 15 is 0 Å². The van der Waals surface area contributed by atoms with E-state index in [2.05, 4.69) is 16.9 Å². The number of nitrogens with zero attached hydrogens (tertiary/aromatic N) is 5. The second-order valence-electron chi connectivity index (χ2n) is 6.67. The molecular weight excluding hydrogens is 386 g/mol. The molecule has 0 amide bonds. The van der Waals surface area contributed by atoms with Crippen LogP contribution >= 0.6 is 11.6 Å². The molecule has 0 fully saturated rings. The minimum atomic E-state index is -0.152. The van der Waals surface area contributed by atoms with E-state index < -0.39 is 0 Å². The Bertz CT molecular complexity index is 1420. The van der Waals surface area contributed by atoms with Gasteiger partial charge < -0.3 is 0 Å². The molecule has 5 aromatic rings. The van der Waals surface area contributed by atoms with Crippen LogP contribution in [0.1, 0.15) is 12.6 Å². The summed E-state index contributed by atoms with van der Waals surface area (Å²) < 4.78 is 3.34. The van der Waals surface area contributed by atoms with Gasteiger partial charge in [-0.15, -0.1) is 0 Å². The second-order valence-corrected chi connectivity index (χ2v) is 7.11. The second kappa shape index (κ2) is 6.83. The van der Waals surface area contributed by atoms with Gasteiger partial charge in [0.15, 0.2) is 5.65 Å². The Morgan fingerprint density at radius 3 is 2.69 bits per heavy atom. The molecule has 0 N–H and O–H groups in total. The van der Waals surface area contributed by atoms with Gasteiger partial charge in [-0.2, -0.15) is 5.10 Å². The molecule has 1 aromatic carbocycles. The first kappa shape index (κ1) is 17.6. The lowest BCUT2D eigenvalue weighted by molar-refractivity contribution is 0.909. The molecular formula is C22H16ClN5O. The summed E-state index contributed by atoms with van der Waals surface area (Å²) in [6.45, 7) is 2.05. The Morgan fingerprint density at radius 2 is 1.93 bits per heavy atom. The van der Waals surface area contributed by atoms with Gasteiger partial charge in [-0.1, -0.05) is 30.7 Å². The average Bonchev–Trinajstić information content (AvgIpc) is 3.14. The van der Waals surface area contributed by atoms with Gasteiger partial charge >= 0.3 is 0 Å². The van der Waals surface area contributed by atoms with Crippen molar-refractivity contribution in [1.82, 2.24) is 24.1 Å². The fourth-order valence-corrected chi connectivity index (χ4v) is 3.80. The molecule has 29 heavy (non-hydrogen) atoms. The van der Waals surface area contributed by atoms with Crippen LogP contribution in [0.25, 0.3) is 33.4 Å². The maximum absolute atomic E-state index is 13.1. The highest BCUT2D eigenvalue weighted by Crippen LogP contribution is 2.31. The predicted molar refractivity (Wildman–Crippen MR) is 114 cm³/mol. The van der Waals surface area contributed by atoms with Gasteiger partial charge in [0.25, 0.3) is 5.56 Å².